The third-order valence-corrected chi connectivity index (χ3v) is 4.97. The highest BCUT2D eigenvalue weighted by molar-refractivity contribution is 5.92. The van der Waals surface area contributed by atoms with Crippen LogP contribution >= 0.6 is 0 Å². The first kappa shape index (κ1) is 21.6. The zero-order valence-electron chi connectivity index (χ0n) is 17.4. The molecule has 3 aromatic rings. The van der Waals surface area contributed by atoms with Crippen LogP contribution in [0.25, 0.3) is 10.9 Å². The lowest BCUT2D eigenvalue weighted by Gasteiger charge is -2.07. The van der Waals surface area contributed by atoms with E-state index in [-0.39, 0.29) is 5.91 Å². The van der Waals surface area contributed by atoms with Gasteiger partial charge in [0, 0.05) is 35.7 Å². The Hall–Kier alpha value is -3.12. The number of hydroxylamine groups is 1. The summed E-state index contributed by atoms with van der Waals surface area (Å²) in [6.07, 6.45) is 6.87. The fourth-order valence-electron chi connectivity index (χ4n) is 3.42. The molecule has 158 valence electrons. The number of carbonyl (C=O) groups is 1. The molecule has 1 aromatic heterocycles. The van der Waals surface area contributed by atoms with E-state index >= 15 is 0 Å². The minimum atomic E-state index is -0.328. The molecule has 0 bridgehead atoms. The van der Waals surface area contributed by atoms with Crippen LogP contribution in [0.15, 0.2) is 59.7 Å². The van der Waals surface area contributed by atoms with Gasteiger partial charge >= 0.3 is 0 Å². The molecule has 30 heavy (non-hydrogen) atoms. The number of fused-ring (bicyclic) bond motifs is 1. The average molecular weight is 408 g/mol. The van der Waals surface area contributed by atoms with Crippen molar-refractivity contribution in [2.45, 2.75) is 45.4 Å². The van der Waals surface area contributed by atoms with Crippen molar-refractivity contribution < 1.29 is 14.7 Å². The molecule has 0 radical (unpaired) electrons. The summed E-state index contributed by atoms with van der Waals surface area (Å²) >= 11 is 0. The number of unbranched alkanes of at least 4 members (excludes halogenated alkanes) is 3. The van der Waals surface area contributed by atoms with E-state index in [1.165, 1.54) is 10.9 Å². The van der Waals surface area contributed by atoms with Crippen LogP contribution in [-0.2, 0) is 11.2 Å². The number of aromatic amines is 1. The van der Waals surface area contributed by atoms with E-state index in [0.717, 1.165) is 54.8 Å². The molecule has 1 heterocycles. The number of nitrogens with zero attached hydrogens (tertiary/aromatic N) is 1. The van der Waals surface area contributed by atoms with Crippen LogP contribution in [0, 0.1) is 0 Å². The number of rotatable bonds is 11. The van der Waals surface area contributed by atoms with Gasteiger partial charge in [0.15, 0.2) is 0 Å². The van der Waals surface area contributed by atoms with Crippen LogP contribution in [0.3, 0.4) is 0 Å². The number of nitrogens with one attached hydrogen (secondary N) is 2. The Labute approximate surface area is 176 Å². The molecule has 6 heteroatoms. The van der Waals surface area contributed by atoms with Gasteiger partial charge in [0.25, 0.3) is 0 Å². The number of aromatic nitrogens is 1. The number of benzene rings is 2. The van der Waals surface area contributed by atoms with E-state index in [0.29, 0.717) is 13.0 Å². The van der Waals surface area contributed by atoms with Gasteiger partial charge in [-0.05, 0) is 55.7 Å². The van der Waals surface area contributed by atoms with Gasteiger partial charge in [-0.3, -0.25) is 15.0 Å². The van der Waals surface area contributed by atoms with Crippen LogP contribution in [0.1, 0.15) is 44.6 Å². The number of ether oxygens (including phenoxy) is 1. The number of hydrogen-bond acceptors (Lipinski definition) is 4. The van der Waals surface area contributed by atoms with Gasteiger partial charge in [-0.2, -0.15) is 0 Å². The van der Waals surface area contributed by atoms with Crippen LogP contribution in [0.4, 0.5) is 5.69 Å². The highest BCUT2D eigenvalue weighted by Crippen LogP contribution is 2.21. The Morgan fingerprint density at radius 3 is 2.63 bits per heavy atom. The van der Waals surface area contributed by atoms with Gasteiger partial charge in [0.1, 0.15) is 5.75 Å². The number of aliphatic imine (C=N–C) groups is 1. The Bertz CT molecular complexity index is 977. The zero-order valence-corrected chi connectivity index (χ0v) is 17.4. The van der Waals surface area contributed by atoms with E-state index in [1.807, 2.05) is 30.3 Å². The Kier molecular flexibility index (Phi) is 8.03. The van der Waals surface area contributed by atoms with Crippen molar-refractivity contribution in [2.75, 3.05) is 6.61 Å². The fraction of sp³-hybridized carbons (Fsp3) is 0.333. The minimum absolute atomic E-state index is 0.328. The second-order valence-corrected chi connectivity index (χ2v) is 7.42. The van der Waals surface area contributed by atoms with Gasteiger partial charge in [-0.25, -0.2) is 5.48 Å². The summed E-state index contributed by atoms with van der Waals surface area (Å²) in [5.74, 6) is 0.508. The molecule has 0 saturated heterocycles. The number of para-hydroxylation sites is 1. The van der Waals surface area contributed by atoms with Crippen molar-refractivity contribution in [1.29, 1.82) is 0 Å². The number of carbonyl (C=O) groups excluding carboxylic acids is 1. The van der Waals surface area contributed by atoms with Gasteiger partial charge in [0.05, 0.1) is 12.3 Å². The quantitative estimate of drug-likeness (QED) is 0.174. The van der Waals surface area contributed by atoms with E-state index in [2.05, 4.69) is 36.3 Å². The van der Waals surface area contributed by atoms with Gasteiger partial charge in [-0.15, -0.1) is 0 Å². The van der Waals surface area contributed by atoms with Crippen molar-refractivity contribution in [1.82, 2.24) is 10.5 Å². The zero-order chi connectivity index (χ0) is 21.2. The summed E-state index contributed by atoms with van der Waals surface area (Å²) in [6, 6.07) is 16.1. The fourth-order valence-corrected chi connectivity index (χ4v) is 3.42. The molecular formula is C24H29N3O3. The summed E-state index contributed by atoms with van der Waals surface area (Å²) in [5.41, 5.74) is 6.03. The number of hydrogen-bond donors (Lipinski definition) is 3. The van der Waals surface area contributed by atoms with E-state index in [1.54, 1.807) is 5.48 Å². The molecule has 3 rings (SSSR count). The van der Waals surface area contributed by atoms with E-state index in [4.69, 9.17) is 14.9 Å². The monoisotopic (exact) mass is 407 g/mol. The number of amides is 1. The van der Waals surface area contributed by atoms with Crippen molar-refractivity contribution in [3.05, 3.63) is 60.3 Å². The average Bonchev–Trinajstić information content (AvgIpc) is 3.16. The predicted octanol–water partition coefficient (Wildman–Crippen LogP) is 5.34. The summed E-state index contributed by atoms with van der Waals surface area (Å²) in [5, 5.41) is 9.68. The summed E-state index contributed by atoms with van der Waals surface area (Å²) in [4.78, 5) is 19.0. The smallest absolute Gasteiger partial charge is 0.243 e. The first-order valence-corrected chi connectivity index (χ1v) is 10.4. The van der Waals surface area contributed by atoms with Gasteiger partial charge in [-0.1, -0.05) is 31.0 Å². The second kappa shape index (κ2) is 11.2. The Morgan fingerprint density at radius 1 is 1.07 bits per heavy atom. The standard InChI is InChI=1S/C24H29N3O3/c1-18(16-19-17-25-23-9-6-5-8-22(19)23)26-20-11-13-21(14-12-20)30-15-7-3-2-4-10-24(28)27-29/h5-6,8-9,11-14,17,25,29H,2-4,7,10,15-16H2,1H3,(H,27,28). The maximum atomic E-state index is 10.9. The van der Waals surface area contributed by atoms with Gasteiger partial charge < -0.3 is 9.72 Å². The summed E-state index contributed by atoms with van der Waals surface area (Å²) in [6.45, 7) is 2.70. The summed E-state index contributed by atoms with van der Waals surface area (Å²) < 4.78 is 5.78. The molecule has 3 N–H and O–H groups in total. The van der Waals surface area contributed by atoms with Crippen molar-refractivity contribution in [3.63, 3.8) is 0 Å². The largest absolute Gasteiger partial charge is 0.494 e. The van der Waals surface area contributed by atoms with Crippen molar-refractivity contribution >= 4 is 28.2 Å². The molecule has 2 aromatic carbocycles. The molecule has 0 aliphatic carbocycles. The third-order valence-electron chi connectivity index (χ3n) is 4.97. The first-order valence-electron chi connectivity index (χ1n) is 10.4. The Balaban J connectivity index is 1.42. The maximum Gasteiger partial charge on any atom is 0.243 e. The lowest BCUT2D eigenvalue weighted by Crippen LogP contribution is -2.17. The second-order valence-electron chi connectivity index (χ2n) is 7.42. The van der Waals surface area contributed by atoms with E-state index < -0.39 is 0 Å². The molecule has 0 aliphatic heterocycles. The topological polar surface area (TPSA) is 86.7 Å². The molecular weight excluding hydrogens is 378 g/mol. The summed E-state index contributed by atoms with van der Waals surface area (Å²) in [7, 11) is 0. The van der Waals surface area contributed by atoms with Crippen LogP contribution in [0.5, 0.6) is 5.75 Å². The normalized spacial score (nSPS) is 11.6. The molecule has 6 nitrogen and oxygen atoms in total. The van der Waals surface area contributed by atoms with Crippen LogP contribution in [0.2, 0.25) is 0 Å². The number of H-pyrrole nitrogens is 1. The molecule has 1 amide bonds. The molecule has 0 atom stereocenters. The highest BCUT2D eigenvalue weighted by atomic mass is 16.5. The first-order chi connectivity index (χ1) is 14.7. The molecule has 0 unspecified atom stereocenters. The van der Waals surface area contributed by atoms with Crippen molar-refractivity contribution in [2.24, 2.45) is 4.99 Å². The van der Waals surface area contributed by atoms with Crippen molar-refractivity contribution in [3.8, 4) is 5.75 Å². The maximum absolute atomic E-state index is 10.9. The minimum Gasteiger partial charge on any atom is -0.494 e. The highest BCUT2D eigenvalue weighted by Gasteiger charge is 2.05. The predicted molar refractivity (Wildman–Crippen MR) is 120 cm³/mol. The van der Waals surface area contributed by atoms with Gasteiger partial charge in [0.2, 0.25) is 5.91 Å². The Morgan fingerprint density at radius 2 is 1.83 bits per heavy atom. The van der Waals surface area contributed by atoms with Crippen LogP contribution in [-0.4, -0.2) is 28.4 Å². The van der Waals surface area contributed by atoms with Crippen LogP contribution < -0.4 is 10.2 Å². The van der Waals surface area contributed by atoms with E-state index in [9.17, 15) is 4.79 Å². The molecule has 0 aliphatic rings. The SMILES string of the molecule is CC(Cc1c[nH]c2ccccc12)=Nc1ccc(OCCCCCCC(=O)NO)cc1. The molecule has 0 fully saturated rings. The lowest BCUT2D eigenvalue weighted by molar-refractivity contribution is -0.129. The lowest BCUT2D eigenvalue weighted by atomic mass is 10.1. The molecule has 0 spiro atoms. The third kappa shape index (κ3) is 6.46. The molecule has 0 saturated carbocycles.